The summed E-state index contributed by atoms with van der Waals surface area (Å²) in [7, 11) is 0. The smallest absolute Gasteiger partial charge is 0.264 e. The van der Waals surface area contributed by atoms with Crippen LogP contribution in [0.4, 0.5) is 0 Å². The quantitative estimate of drug-likeness (QED) is 0.833. The minimum atomic E-state index is -0.469. The molecule has 1 fully saturated rings. The van der Waals surface area contributed by atoms with Gasteiger partial charge in [0.1, 0.15) is 5.75 Å². The van der Waals surface area contributed by atoms with Gasteiger partial charge < -0.3 is 14.7 Å². The highest BCUT2D eigenvalue weighted by molar-refractivity contribution is 6.30. The summed E-state index contributed by atoms with van der Waals surface area (Å²) >= 11 is 5.91. The number of ether oxygens (including phenoxy) is 1. The number of halogens is 1. The molecule has 0 saturated carbocycles. The summed E-state index contributed by atoms with van der Waals surface area (Å²) in [6.07, 6.45) is 0.342. The molecule has 3 rings (SSSR count). The Morgan fingerprint density at radius 3 is 3.06 bits per heavy atom. The van der Waals surface area contributed by atoms with Crippen LogP contribution in [0.5, 0.6) is 5.75 Å². The highest BCUT2D eigenvalue weighted by Crippen LogP contribution is 2.32. The third-order valence-corrected chi connectivity index (χ3v) is 3.68. The highest BCUT2D eigenvalue weighted by Gasteiger charge is 2.35. The Balaban J connectivity index is 1.72. The first-order valence-electron chi connectivity index (χ1n) is 6.05. The van der Waals surface area contributed by atoms with Crippen LogP contribution in [0, 0.1) is 0 Å². The maximum atomic E-state index is 12.2. The number of likely N-dealkylation sites (tertiary alicyclic amines) is 1. The zero-order valence-corrected chi connectivity index (χ0v) is 10.6. The minimum Gasteiger partial charge on any atom is -0.480 e. The lowest BCUT2D eigenvalue weighted by Crippen LogP contribution is -2.40. The molecule has 1 saturated heterocycles. The molecule has 96 valence electrons. The van der Waals surface area contributed by atoms with E-state index in [1.807, 2.05) is 6.07 Å². The molecule has 0 bridgehead atoms. The number of hydrogen-bond acceptors (Lipinski definition) is 3. The van der Waals surface area contributed by atoms with Crippen LogP contribution in [-0.4, -0.2) is 41.2 Å². The lowest BCUT2D eigenvalue weighted by molar-refractivity contribution is -0.137. The van der Waals surface area contributed by atoms with Crippen LogP contribution < -0.4 is 4.74 Å². The van der Waals surface area contributed by atoms with Crippen molar-refractivity contribution in [1.82, 2.24) is 4.90 Å². The van der Waals surface area contributed by atoms with E-state index in [9.17, 15) is 9.90 Å². The van der Waals surface area contributed by atoms with E-state index in [0.717, 1.165) is 11.3 Å². The SMILES string of the molecule is O=C(C1Cc2cc(Cl)ccc2O1)N1CCC(O)C1. The molecule has 18 heavy (non-hydrogen) atoms. The van der Waals surface area contributed by atoms with Crippen LogP contribution >= 0.6 is 11.6 Å². The van der Waals surface area contributed by atoms with Crippen LogP contribution in [-0.2, 0) is 11.2 Å². The molecule has 0 radical (unpaired) electrons. The first kappa shape index (κ1) is 11.8. The van der Waals surface area contributed by atoms with E-state index in [2.05, 4.69) is 0 Å². The van der Waals surface area contributed by atoms with Crippen LogP contribution in [0.3, 0.4) is 0 Å². The Labute approximate surface area is 110 Å². The van der Waals surface area contributed by atoms with Crippen molar-refractivity contribution >= 4 is 17.5 Å². The van der Waals surface area contributed by atoms with E-state index in [1.165, 1.54) is 0 Å². The number of amides is 1. The molecule has 0 spiro atoms. The lowest BCUT2D eigenvalue weighted by Gasteiger charge is -2.19. The Hall–Kier alpha value is -1.26. The fourth-order valence-corrected chi connectivity index (χ4v) is 2.70. The Morgan fingerprint density at radius 1 is 1.50 bits per heavy atom. The summed E-state index contributed by atoms with van der Waals surface area (Å²) in [6.45, 7) is 1.02. The fourth-order valence-electron chi connectivity index (χ4n) is 2.50. The van der Waals surface area contributed by atoms with Gasteiger partial charge in [-0.2, -0.15) is 0 Å². The van der Waals surface area contributed by atoms with Crippen molar-refractivity contribution in [2.75, 3.05) is 13.1 Å². The van der Waals surface area contributed by atoms with Gasteiger partial charge in [-0.25, -0.2) is 0 Å². The minimum absolute atomic E-state index is 0.0427. The molecule has 2 unspecified atom stereocenters. The molecule has 2 atom stereocenters. The normalized spacial score (nSPS) is 26.0. The van der Waals surface area contributed by atoms with Crippen molar-refractivity contribution in [2.24, 2.45) is 0 Å². The third kappa shape index (κ3) is 2.06. The van der Waals surface area contributed by atoms with Gasteiger partial charge in [0.05, 0.1) is 6.10 Å². The second-order valence-corrected chi connectivity index (χ2v) is 5.23. The standard InChI is InChI=1S/C13H14ClNO3/c14-9-1-2-11-8(5-9)6-12(18-11)13(17)15-4-3-10(16)7-15/h1-2,5,10,12,16H,3-4,6-7H2. The van der Waals surface area contributed by atoms with Gasteiger partial charge in [-0.3, -0.25) is 4.79 Å². The number of β-amino-alcohol motifs (C(OH)–C–C–N with tert-alkyl or cyclic N) is 1. The Bertz CT molecular complexity index is 491. The predicted molar refractivity (Wildman–Crippen MR) is 66.8 cm³/mol. The third-order valence-electron chi connectivity index (χ3n) is 3.45. The predicted octanol–water partition coefficient (Wildman–Crippen LogP) is 1.24. The summed E-state index contributed by atoms with van der Waals surface area (Å²) in [5.41, 5.74) is 0.973. The topological polar surface area (TPSA) is 49.8 Å². The second-order valence-electron chi connectivity index (χ2n) is 4.79. The summed E-state index contributed by atoms with van der Waals surface area (Å²) in [6, 6.07) is 5.39. The number of carbonyl (C=O) groups is 1. The molecule has 2 aliphatic rings. The molecule has 0 aliphatic carbocycles. The van der Waals surface area contributed by atoms with Crippen molar-refractivity contribution in [3.63, 3.8) is 0 Å². The summed E-state index contributed by atoms with van der Waals surface area (Å²) < 4.78 is 5.64. The first-order chi connectivity index (χ1) is 8.63. The van der Waals surface area contributed by atoms with Gasteiger partial charge in [0.15, 0.2) is 6.10 Å². The molecule has 1 N–H and O–H groups in total. The molecule has 1 aromatic carbocycles. The van der Waals surface area contributed by atoms with Gasteiger partial charge in [-0.15, -0.1) is 0 Å². The summed E-state index contributed by atoms with van der Waals surface area (Å²) in [5.74, 6) is 0.691. The van der Waals surface area contributed by atoms with Gasteiger partial charge >= 0.3 is 0 Å². The van der Waals surface area contributed by atoms with E-state index in [0.29, 0.717) is 31.0 Å². The maximum absolute atomic E-state index is 12.2. The highest BCUT2D eigenvalue weighted by atomic mass is 35.5. The lowest BCUT2D eigenvalue weighted by atomic mass is 10.1. The van der Waals surface area contributed by atoms with E-state index in [1.54, 1.807) is 17.0 Å². The molecular formula is C13H14ClNO3. The summed E-state index contributed by atoms with van der Waals surface area (Å²) in [5, 5.41) is 10.1. The van der Waals surface area contributed by atoms with Gasteiger partial charge in [0, 0.05) is 24.5 Å². The number of aliphatic hydroxyl groups excluding tert-OH is 1. The number of carbonyl (C=O) groups excluding carboxylic acids is 1. The number of fused-ring (bicyclic) bond motifs is 1. The van der Waals surface area contributed by atoms with E-state index < -0.39 is 12.2 Å². The zero-order valence-electron chi connectivity index (χ0n) is 9.80. The number of hydrogen-bond donors (Lipinski definition) is 1. The zero-order chi connectivity index (χ0) is 12.7. The molecule has 1 amide bonds. The first-order valence-corrected chi connectivity index (χ1v) is 6.43. The molecule has 4 nitrogen and oxygen atoms in total. The van der Waals surface area contributed by atoms with Gasteiger partial charge in [-0.1, -0.05) is 11.6 Å². The van der Waals surface area contributed by atoms with Crippen LogP contribution in [0.2, 0.25) is 5.02 Å². The van der Waals surface area contributed by atoms with Crippen molar-refractivity contribution in [2.45, 2.75) is 25.0 Å². The van der Waals surface area contributed by atoms with Crippen LogP contribution in [0.25, 0.3) is 0 Å². The number of rotatable bonds is 1. The molecule has 1 aromatic rings. The van der Waals surface area contributed by atoms with E-state index >= 15 is 0 Å². The fraction of sp³-hybridized carbons (Fsp3) is 0.462. The molecule has 5 heteroatoms. The molecule has 2 heterocycles. The Morgan fingerprint density at radius 2 is 2.33 bits per heavy atom. The van der Waals surface area contributed by atoms with Gasteiger partial charge in [0.25, 0.3) is 5.91 Å². The second kappa shape index (κ2) is 4.44. The van der Waals surface area contributed by atoms with E-state index in [-0.39, 0.29) is 5.91 Å². The van der Waals surface area contributed by atoms with Crippen molar-refractivity contribution in [3.05, 3.63) is 28.8 Å². The Kier molecular flexibility index (Phi) is 2.92. The number of nitrogens with zero attached hydrogens (tertiary/aromatic N) is 1. The largest absolute Gasteiger partial charge is 0.480 e. The summed E-state index contributed by atoms with van der Waals surface area (Å²) in [4.78, 5) is 13.9. The molecule has 2 aliphatic heterocycles. The van der Waals surface area contributed by atoms with Crippen molar-refractivity contribution in [1.29, 1.82) is 0 Å². The van der Waals surface area contributed by atoms with Crippen molar-refractivity contribution in [3.8, 4) is 5.75 Å². The van der Waals surface area contributed by atoms with Crippen LogP contribution in [0.1, 0.15) is 12.0 Å². The average molecular weight is 268 g/mol. The maximum Gasteiger partial charge on any atom is 0.264 e. The number of benzene rings is 1. The van der Waals surface area contributed by atoms with Gasteiger partial charge in [-0.05, 0) is 30.2 Å². The number of aliphatic hydroxyl groups is 1. The molecular weight excluding hydrogens is 254 g/mol. The van der Waals surface area contributed by atoms with Crippen molar-refractivity contribution < 1.29 is 14.6 Å². The van der Waals surface area contributed by atoms with E-state index in [4.69, 9.17) is 16.3 Å². The van der Waals surface area contributed by atoms with Gasteiger partial charge in [0.2, 0.25) is 0 Å². The monoisotopic (exact) mass is 267 g/mol. The molecule has 0 aromatic heterocycles. The average Bonchev–Trinajstić information content (AvgIpc) is 2.93. The van der Waals surface area contributed by atoms with Crippen LogP contribution in [0.15, 0.2) is 18.2 Å².